The molecule has 0 amide bonds. The van der Waals surface area contributed by atoms with Gasteiger partial charge < -0.3 is 10.4 Å². The van der Waals surface area contributed by atoms with Crippen molar-refractivity contribution in [3.63, 3.8) is 0 Å². The number of hydrogen-bond acceptors (Lipinski definition) is 6. The molecule has 0 aliphatic carbocycles. The van der Waals surface area contributed by atoms with E-state index in [2.05, 4.69) is 5.32 Å². The first kappa shape index (κ1) is 15.9. The van der Waals surface area contributed by atoms with Crippen molar-refractivity contribution in [2.75, 3.05) is 23.4 Å². The van der Waals surface area contributed by atoms with Gasteiger partial charge in [-0.2, -0.15) is 0 Å². The van der Waals surface area contributed by atoms with Gasteiger partial charge in [0.15, 0.2) is 9.84 Å². The van der Waals surface area contributed by atoms with Gasteiger partial charge in [-0.3, -0.25) is 10.1 Å². The largest absolute Gasteiger partial charge is 0.478 e. The van der Waals surface area contributed by atoms with E-state index < -0.39 is 20.7 Å². The van der Waals surface area contributed by atoms with Crippen LogP contribution in [-0.4, -0.2) is 42.5 Å². The molecule has 1 rings (SSSR count). The quantitative estimate of drug-likeness (QED) is 0.571. The Morgan fingerprint density at radius 3 is 2.60 bits per heavy atom. The number of carboxylic acids is 1. The highest BCUT2D eigenvalue weighted by molar-refractivity contribution is 7.91. The lowest BCUT2D eigenvalue weighted by Gasteiger charge is -2.08. The first-order valence-corrected chi connectivity index (χ1v) is 7.55. The molecule has 0 aromatic heterocycles. The average molecular weight is 302 g/mol. The Labute approximate surface area is 115 Å². The number of sulfone groups is 1. The first-order valence-electron chi connectivity index (χ1n) is 5.73. The molecule has 110 valence electrons. The number of aromatic carboxylic acids is 1. The Morgan fingerprint density at radius 2 is 2.10 bits per heavy atom. The van der Waals surface area contributed by atoms with E-state index in [1.54, 1.807) is 0 Å². The fourth-order valence-corrected chi connectivity index (χ4v) is 2.16. The third kappa shape index (κ3) is 4.19. The van der Waals surface area contributed by atoms with Crippen LogP contribution in [-0.2, 0) is 9.84 Å². The standard InChI is InChI=1S/C11H14N2O6S/c1-2-20(18,19)6-5-12-9-7-8(11(14)15)3-4-10(9)13(16)17/h3-4,7,12H,2,5-6H2,1H3,(H,14,15). The van der Waals surface area contributed by atoms with E-state index in [0.717, 1.165) is 18.2 Å². The fourth-order valence-electron chi connectivity index (χ4n) is 1.46. The molecule has 0 bridgehead atoms. The summed E-state index contributed by atoms with van der Waals surface area (Å²) in [7, 11) is -3.20. The van der Waals surface area contributed by atoms with Crippen LogP contribution in [0.15, 0.2) is 18.2 Å². The molecule has 0 fully saturated rings. The van der Waals surface area contributed by atoms with E-state index in [-0.39, 0.29) is 35.0 Å². The smallest absolute Gasteiger partial charge is 0.335 e. The Morgan fingerprint density at radius 1 is 1.45 bits per heavy atom. The maximum atomic E-state index is 11.3. The maximum absolute atomic E-state index is 11.3. The summed E-state index contributed by atoms with van der Waals surface area (Å²) in [5.41, 5.74) is -0.429. The van der Waals surface area contributed by atoms with Gasteiger partial charge in [0.1, 0.15) is 5.69 Å². The molecule has 0 radical (unpaired) electrons. The molecule has 0 heterocycles. The predicted molar refractivity (Wildman–Crippen MR) is 72.9 cm³/mol. The van der Waals surface area contributed by atoms with Gasteiger partial charge in [-0.05, 0) is 12.1 Å². The number of benzene rings is 1. The normalized spacial score (nSPS) is 11.1. The molecule has 2 N–H and O–H groups in total. The predicted octanol–water partition coefficient (Wildman–Crippen LogP) is 1.14. The van der Waals surface area contributed by atoms with Crippen molar-refractivity contribution in [3.8, 4) is 0 Å². The average Bonchev–Trinajstić information content (AvgIpc) is 2.38. The zero-order valence-corrected chi connectivity index (χ0v) is 11.5. The van der Waals surface area contributed by atoms with Crippen LogP contribution >= 0.6 is 0 Å². The Hall–Kier alpha value is -2.16. The molecular weight excluding hydrogens is 288 g/mol. The van der Waals surface area contributed by atoms with Crippen LogP contribution in [0, 0.1) is 10.1 Å². The molecule has 1 aromatic rings. The van der Waals surface area contributed by atoms with Crippen molar-refractivity contribution in [2.45, 2.75) is 6.92 Å². The summed E-state index contributed by atoms with van der Waals surface area (Å²) in [4.78, 5) is 21.0. The molecule has 0 atom stereocenters. The van der Waals surface area contributed by atoms with Crippen molar-refractivity contribution in [3.05, 3.63) is 33.9 Å². The summed E-state index contributed by atoms with van der Waals surface area (Å²) in [6.45, 7) is 1.48. The molecule has 9 heteroatoms. The lowest BCUT2D eigenvalue weighted by molar-refractivity contribution is -0.384. The lowest BCUT2D eigenvalue weighted by Crippen LogP contribution is -2.17. The minimum absolute atomic E-state index is 0.0128. The van der Waals surface area contributed by atoms with E-state index in [0.29, 0.717) is 0 Å². The molecule has 0 saturated carbocycles. The van der Waals surface area contributed by atoms with Gasteiger partial charge in [0.25, 0.3) is 5.69 Å². The topological polar surface area (TPSA) is 127 Å². The molecule has 0 aliphatic rings. The number of nitro groups is 1. The Kier molecular flexibility index (Phi) is 5.03. The van der Waals surface area contributed by atoms with Crippen LogP contribution in [0.1, 0.15) is 17.3 Å². The number of carboxylic acid groups (broad SMARTS) is 1. The number of nitro benzene ring substituents is 1. The molecule has 0 spiro atoms. The van der Waals surface area contributed by atoms with Crippen LogP contribution in [0.2, 0.25) is 0 Å². The minimum Gasteiger partial charge on any atom is -0.478 e. The van der Waals surface area contributed by atoms with Gasteiger partial charge in [-0.25, -0.2) is 13.2 Å². The van der Waals surface area contributed by atoms with Crippen LogP contribution in [0.25, 0.3) is 0 Å². The monoisotopic (exact) mass is 302 g/mol. The van der Waals surface area contributed by atoms with Gasteiger partial charge in [-0.1, -0.05) is 6.92 Å². The summed E-state index contributed by atoms with van der Waals surface area (Å²) in [6, 6.07) is 3.30. The second kappa shape index (κ2) is 6.33. The highest BCUT2D eigenvalue weighted by Gasteiger charge is 2.17. The second-order valence-corrected chi connectivity index (χ2v) is 6.43. The lowest BCUT2D eigenvalue weighted by atomic mass is 10.1. The van der Waals surface area contributed by atoms with Gasteiger partial charge in [-0.15, -0.1) is 0 Å². The van der Waals surface area contributed by atoms with E-state index in [1.807, 2.05) is 0 Å². The molecule has 0 aliphatic heterocycles. The van der Waals surface area contributed by atoms with Crippen LogP contribution in [0.5, 0.6) is 0 Å². The zero-order chi connectivity index (χ0) is 15.3. The maximum Gasteiger partial charge on any atom is 0.335 e. The molecule has 20 heavy (non-hydrogen) atoms. The summed E-state index contributed by atoms with van der Waals surface area (Å²) < 4.78 is 22.6. The van der Waals surface area contributed by atoms with Crippen molar-refractivity contribution >= 4 is 27.2 Å². The van der Waals surface area contributed by atoms with E-state index in [1.165, 1.54) is 6.92 Å². The van der Waals surface area contributed by atoms with Crippen LogP contribution < -0.4 is 5.32 Å². The van der Waals surface area contributed by atoms with Gasteiger partial charge in [0.2, 0.25) is 0 Å². The minimum atomic E-state index is -3.20. The van der Waals surface area contributed by atoms with Crippen molar-refractivity contribution < 1.29 is 23.2 Å². The number of nitrogens with one attached hydrogen (secondary N) is 1. The Balaban J connectivity index is 2.94. The van der Waals surface area contributed by atoms with Gasteiger partial charge >= 0.3 is 5.97 Å². The molecule has 8 nitrogen and oxygen atoms in total. The number of anilines is 1. The molecular formula is C11H14N2O6S. The third-order valence-electron chi connectivity index (χ3n) is 2.61. The van der Waals surface area contributed by atoms with Crippen molar-refractivity contribution in [1.82, 2.24) is 0 Å². The summed E-state index contributed by atoms with van der Waals surface area (Å²) in [5, 5.41) is 22.3. The van der Waals surface area contributed by atoms with Crippen molar-refractivity contribution in [1.29, 1.82) is 0 Å². The van der Waals surface area contributed by atoms with Gasteiger partial charge in [0.05, 0.1) is 16.2 Å². The summed E-state index contributed by atoms with van der Waals surface area (Å²) >= 11 is 0. The highest BCUT2D eigenvalue weighted by Crippen LogP contribution is 2.25. The Bertz CT molecular complexity index is 626. The zero-order valence-electron chi connectivity index (χ0n) is 10.7. The SMILES string of the molecule is CCS(=O)(=O)CCNc1cc(C(=O)O)ccc1[N+](=O)[O-]. The van der Waals surface area contributed by atoms with Gasteiger partial charge in [0, 0.05) is 18.4 Å². The number of rotatable bonds is 7. The van der Waals surface area contributed by atoms with Crippen LogP contribution in [0.4, 0.5) is 11.4 Å². The first-order chi connectivity index (χ1) is 9.26. The fraction of sp³-hybridized carbons (Fsp3) is 0.364. The summed E-state index contributed by atoms with van der Waals surface area (Å²) in [6.07, 6.45) is 0. The van der Waals surface area contributed by atoms with E-state index in [4.69, 9.17) is 5.11 Å². The number of hydrogen-bond donors (Lipinski definition) is 2. The van der Waals surface area contributed by atoms with E-state index in [9.17, 15) is 23.3 Å². The summed E-state index contributed by atoms with van der Waals surface area (Å²) in [5.74, 6) is -1.42. The molecule has 1 aromatic carbocycles. The number of carbonyl (C=O) groups is 1. The molecule has 0 saturated heterocycles. The molecule has 0 unspecified atom stereocenters. The second-order valence-electron chi connectivity index (χ2n) is 3.96. The third-order valence-corrected chi connectivity index (χ3v) is 4.31. The van der Waals surface area contributed by atoms with E-state index >= 15 is 0 Å². The van der Waals surface area contributed by atoms with Crippen LogP contribution in [0.3, 0.4) is 0 Å². The highest BCUT2D eigenvalue weighted by atomic mass is 32.2. The van der Waals surface area contributed by atoms with Crippen molar-refractivity contribution in [2.24, 2.45) is 0 Å². The number of nitrogens with zero attached hydrogens (tertiary/aromatic N) is 1.